The lowest BCUT2D eigenvalue weighted by Gasteiger charge is -2.09. The predicted molar refractivity (Wildman–Crippen MR) is 63.6 cm³/mol. The van der Waals surface area contributed by atoms with Gasteiger partial charge >= 0.3 is 6.18 Å². The average Bonchev–Trinajstić information content (AvgIpc) is 2.39. The number of carbonyl (C=O) groups excluding carboxylic acids is 1. The maximum absolute atomic E-state index is 13.5. The molecule has 0 saturated carbocycles. The lowest BCUT2D eigenvalue weighted by Crippen LogP contribution is -2.16. The van der Waals surface area contributed by atoms with Crippen molar-refractivity contribution in [3.8, 4) is 0 Å². The van der Waals surface area contributed by atoms with E-state index in [0.717, 1.165) is 0 Å². The topological polar surface area (TPSA) is 42.0 Å². The molecule has 1 aromatic heterocycles. The largest absolute Gasteiger partial charge is 0.416 e. The fourth-order valence-electron chi connectivity index (χ4n) is 1.50. The summed E-state index contributed by atoms with van der Waals surface area (Å²) in [6.45, 7) is 0. The van der Waals surface area contributed by atoms with Crippen molar-refractivity contribution in [2.24, 2.45) is 0 Å². The van der Waals surface area contributed by atoms with Crippen molar-refractivity contribution in [2.45, 2.75) is 6.18 Å². The van der Waals surface area contributed by atoms with Crippen LogP contribution in [0.1, 0.15) is 15.9 Å². The van der Waals surface area contributed by atoms with Gasteiger partial charge in [-0.2, -0.15) is 13.2 Å². The molecule has 1 aromatic carbocycles. The molecule has 0 saturated heterocycles. The third kappa shape index (κ3) is 3.11. The van der Waals surface area contributed by atoms with E-state index in [-0.39, 0.29) is 5.82 Å². The standard InChI is InChI=1S/C13H8F4N2O/c14-10-5-4-8(13(15,16)17)7-9(10)12(20)19-11-3-1-2-6-18-11/h1-7H,(H,18,19,20). The van der Waals surface area contributed by atoms with Gasteiger partial charge < -0.3 is 5.32 Å². The zero-order valence-electron chi connectivity index (χ0n) is 9.91. The molecule has 0 atom stereocenters. The monoisotopic (exact) mass is 284 g/mol. The van der Waals surface area contributed by atoms with Crippen molar-refractivity contribution < 1.29 is 22.4 Å². The van der Waals surface area contributed by atoms with Gasteiger partial charge in [-0.15, -0.1) is 0 Å². The van der Waals surface area contributed by atoms with Gasteiger partial charge in [0.05, 0.1) is 11.1 Å². The molecule has 0 unspecified atom stereocenters. The number of halogens is 4. The van der Waals surface area contributed by atoms with E-state index in [9.17, 15) is 22.4 Å². The molecule has 2 rings (SSSR count). The number of alkyl halides is 3. The molecule has 1 heterocycles. The van der Waals surface area contributed by atoms with E-state index in [1.165, 1.54) is 12.3 Å². The number of hydrogen-bond donors (Lipinski definition) is 1. The molecule has 0 aliphatic rings. The molecule has 0 aliphatic heterocycles. The summed E-state index contributed by atoms with van der Waals surface area (Å²) >= 11 is 0. The van der Waals surface area contributed by atoms with Gasteiger partial charge in [0.25, 0.3) is 5.91 Å². The molecule has 7 heteroatoms. The summed E-state index contributed by atoms with van der Waals surface area (Å²) in [7, 11) is 0. The first-order chi connectivity index (χ1) is 9.38. The summed E-state index contributed by atoms with van der Waals surface area (Å²) < 4.78 is 51.0. The number of nitrogens with one attached hydrogen (secondary N) is 1. The van der Waals surface area contributed by atoms with Crippen LogP contribution in [-0.4, -0.2) is 10.9 Å². The maximum Gasteiger partial charge on any atom is 0.416 e. The number of carbonyl (C=O) groups is 1. The number of nitrogens with zero attached hydrogens (tertiary/aromatic N) is 1. The number of hydrogen-bond acceptors (Lipinski definition) is 2. The van der Waals surface area contributed by atoms with Crippen LogP contribution in [0.2, 0.25) is 0 Å². The van der Waals surface area contributed by atoms with E-state index in [1.54, 1.807) is 12.1 Å². The molecule has 2 aromatic rings. The highest BCUT2D eigenvalue weighted by molar-refractivity contribution is 6.04. The smallest absolute Gasteiger partial charge is 0.306 e. The Morgan fingerprint density at radius 2 is 1.90 bits per heavy atom. The quantitative estimate of drug-likeness (QED) is 0.858. The first-order valence-electron chi connectivity index (χ1n) is 5.47. The zero-order valence-corrected chi connectivity index (χ0v) is 9.91. The normalized spacial score (nSPS) is 11.2. The van der Waals surface area contributed by atoms with Gasteiger partial charge in [-0.25, -0.2) is 9.37 Å². The van der Waals surface area contributed by atoms with Crippen LogP contribution in [0, 0.1) is 5.82 Å². The van der Waals surface area contributed by atoms with Gasteiger partial charge in [-0.05, 0) is 30.3 Å². The third-order valence-corrected chi connectivity index (χ3v) is 2.44. The van der Waals surface area contributed by atoms with Gasteiger partial charge in [0.2, 0.25) is 0 Å². The van der Waals surface area contributed by atoms with Crippen molar-refractivity contribution in [1.82, 2.24) is 4.98 Å². The summed E-state index contributed by atoms with van der Waals surface area (Å²) in [5, 5.41) is 2.22. The fourth-order valence-corrected chi connectivity index (χ4v) is 1.50. The van der Waals surface area contributed by atoms with Crippen molar-refractivity contribution in [3.05, 3.63) is 59.5 Å². The summed E-state index contributed by atoms with van der Waals surface area (Å²) in [5.74, 6) is -1.91. The number of aromatic nitrogens is 1. The Morgan fingerprint density at radius 1 is 1.15 bits per heavy atom. The van der Waals surface area contributed by atoms with Crippen LogP contribution in [0.25, 0.3) is 0 Å². The molecule has 1 amide bonds. The van der Waals surface area contributed by atoms with Crippen LogP contribution in [0.5, 0.6) is 0 Å². The van der Waals surface area contributed by atoms with Crippen LogP contribution in [0.4, 0.5) is 23.4 Å². The van der Waals surface area contributed by atoms with Gasteiger partial charge in [-0.3, -0.25) is 4.79 Å². The Labute approximate surface area is 111 Å². The van der Waals surface area contributed by atoms with Crippen molar-refractivity contribution >= 4 is 11.7 Å². The molecule has 0 fully saturated rings. The van der Waals surface area contributed by atoms with Crippen LogP contribution in [0.3, 0.4) is 0 Å². The van der Waals surface area contributed by atoms with Crippen molar-refractivity contribution in [1.29, 1.82) is 0 Å². The van der Waals surface area contributed by atoms with Gasteiger partial charge in [0.15, 0.2) is 0 Å². The lowest BCUT2D eigenvalue weighted by molar-refractivity contribution is -0.137. The van der Waals surface area contributed by atoms with Gasteiger partial charge in [-0.1, -0.05) is 6.07 Å². The van der Waals surface area contributed by atoms with E-state index in [2.05, 4.69) is 10.3 Å². The van der Waals surface area contributed by atoms with E-state index in [0.29, 0.717) is 18.2 Å². The van der Waals surface area contributed by atoms with Crippen molar-refractivity contribution in [3.63, 3.8) is 0 Å². The number of benzene rings is 1. The molecule has 20 heavy (non-hydrogen) atoms. The van der Waals surface area contributed by atoms with Crippen LogP contribution in [-0.2, 0) is 6.18 Å². The Kier molecular flexibility index (Phi) is 3.69. The van der Waals surface area contributed by atoms with Crippen LogP contribution < -0.4 is 5.32 Å². The molecule has 104 valence electrons. The molecular formula is C13H8F4N2O. The van der Waals surface area contributed by atoms with E-state index in [1.807, 2.05) is 0 Å². The summed E-state index contributed by atoms with van der Waals surface area (Å²) in [4.78, 5) is 15.5. The minimum Gasteiger partial charge on any atom is -0.306 e. The van der Waals surface area contributed by atoms with Gasteiger partial charge in [0, 0.05) is 6.20 Å². The summed E-state index contributed by atoms with van der Waals surface area (Å²) in [6.07, 6.45) is -3.26. The highest BCUT2D eigenvalue weighted by Gasteiger charge is 2.31. The second kappa shape index (κ2) is 5.28. The highest BCUT2D eigenvalue weighted by atomic mass is 19.4. The Bertz CT molecular complexity index is 626. The second-order valence-corrected chi connectivity index (χ2v) is 3.86. The molecule has 0 radical (unpaired) electrons. The number of anilines is 1. The van der Waals surface area contributed by atoms with E-state index >= 15 is 0 Å². The first kappa shape index (κ1) is 14.0. The van der Waals surface area contributed by atoms with Crippen LogP contribution in [0.15, 0.2) is 42.6 Å². The Hall–Kier alpha value is -2.44. The number of rotatable bonds is 2. The second-order valence-electron chi connectivity index (χ2n) is 3.86. The lowest BCUT2D eigenvalue weighted by atomic mass is 10.1. The van der Waals surface area contributed by atoms with Crippen molar-refractivity contribution in [2.75, 3.05) is 5.32 Å². The Morgan fingerprint density at radius 3 is 2.50 bits per heavy atom. The predicted octanol–water partition coefficient (Wildman–Crippen LogP) is 3.49. The zero-order chi connectivity index (χ0) is 14.8. The maximum atomic E-state index is 13.5. The molecular weight excluding hydrogens is 276 g/mol. The van der Waals surface area contributed by atoms with E-state index < -0.39 is 29.0 Å². The average molecular weight is 284 g/mol. The molecule has 1 N–H and O–H groups in total. The summed E-state index contributed by atoms with van der Waals surface area (Å²) in [5.41, 5.74) is -1.78. The molecule has 0 bridgehead atoms. The first-order valence-corrected chi connectivity index (χ1v) is 5.47. The third-order valence-electron chi connectivity index (χ3n) is 2.44. The SMILES string of the molecule is O=C(Nc1ccccn1)c1cc(C(F)(F)F)ccc1F. The minimum atomic E-state index is -4.65. The number of amides is 1. The Balaban J connectivity index is 2.30. The number of pyridine rings is 1. The highest BCUT2D eigenvalue weighted by Crippen LogP contribution is 2.30. The molecule has 3 nitrogen and oxygen atoms in total. The summed E-state index contributed by atoms with van der Waals surface area (Å²) in [6, 6.07) is 6.26. The fraction of sp³-hybridized carbons (Fsp3) is 0.0769. The van der Waals surface area contributed by atoms with Gasteiger partial charge in [0.1, 0.15) is 11.6 Å². The van der Waals surface area contributed by atoms with Crippen LogP contribution >= 0.6 is 0 Å². The molecule has 0 aliphatic carbocycles. The molecule has 0 spiro atoms. The van der Waals surface area contributed by atoms with E-state index in [4.69, 9.17) is 0 Å². The minimum absolute atomic E-state index is 0.120.